The number of aromatic nitrogens is 3. The number of hydrogen-bond acceptors (Lipinski definition) is 4. The van der Waals surface area contributed by atoms with Crippen molar-refractivity contribution in [2.45, 2.75) is 6.42 Å². The number of nitrogen functional groups attached to an aromatic ring is 1. The fourth-order valence-electron chi connectivity index (χ4n) is 1.41. The number of carbonyl (C=O) groups is 1. The molecule has 4 N–H and O–H groups in total. The van der Waals surface area contributed by atoms with Gasteiger partial charge in [-0.1, -0.05) is 11.6 Å². The Morgan fingerprint density at radius 1 is 1.50 bits per heavy atom. The first kappa shape index (κ1) is 12.4. The highest BCUT2D eigenvalue weighted by Gasteiger charge is 2.08. The molecule has 2 aromatic heterocycles. The Labute approximate surface area is 109 Å². The van der Waals surface area contributed by atoms with E-state index in [1.807, 2.05) is 0 Å². The third-order valence-corrected chi connectivity index (χ3v) is 2.67. The summed E-state index contributed by atoms with van der Waals surface area (Å²) in [6.45, 7) is 0.503. The van der Waals surface area contributed by atoms with Crippen LogP contribution in [0, 0.1) is 0 Å². The highest BCUT2D eigenvalue weighted by molar-refractivity contribution is 6.33. The molecule has 0 aliphatic rings. The number of aromatic amines is 1. The zero-order chi connectivity index (χ0) is 13.0. The fraction of sp³-hybridized carbons (Fsp3) is 0.182. The molecule has 18 heavy (non-hydrogen) atoms. The van der Waals surface area contributed by atoms with Gasteiger partial charge in [-0.25, -0.2) is 9.97 Å². The summed E-state index contributed by atoms with van der Waals surface area (Å²) < 4.78 is 0. The van der Waals surface area contributed by atoms with Gasteiger partial charge in [0.2, 0.25) is 0 Å². The quantitative estimate of drug-likeness (QED) is 0.769. The highest BCUT2D eigenvalue weighted by Crippen LogP contribution is 2.16. The van der Waals surface area contributed by atoms with Crippen LogP contribution in [0.4, 0.5) is 5.82 Å². The van der Waals surface area contributed by atoms with Gasteiger partial charge in [-0.3, -0.25) is 4.79 Å². The molecule has 0 radical (unpaired) electrons. The van der Waals surface area contributed by atoms with E-state index in [4.69, 9.17) is 17.3 Å². The number of nitrogens with zero attached hydrogens (tertiary/aromatic N) is 2. The number of anilines is 1. The fourth-order valence-corrected chi connectivity index (χ4v) is 1.57. The van der Waals surface area contributed by atoms with Gasteiger partial charge in [0.05, 0.1) is 16.9 Å². The lowest BCUT2D eigenvalue weighted by Gasteiger charge is -2.05. The number of amides is 1. The first-order valence-electron chi connectivity index (χ1n) is 5.33. The smallest absolute Gasteiger partial charge is 0.252 e. The molecule has 0 spiro atoms. The van der Waals surface area contributed by atoms with Gasteiger partial charge in [-0.15, -0.1) is 0 Å². The number of rotatable bonds is 4. The van der Waals surface area contributed by atoms with E-state index in [9.17, 15) is 4.79 Å². The van der Waals surface area contributed by atoms with Crippen molar-refractivity contribution < 1.29 is 4.79 Å². The monoisotopic (exact) mass is 265 g/mol. The lowest BCUT2D eigenvalue weighted by molar-refractivity contribution is 0.0954. The molecule has 0 atom stereocenters. The second-order valence-electron chi connectivity index (χ2n) is 3.67. The first-order chi connectivity index (χ1) is 8.66. The molecule has 2 aromatic rings. The number of H-pyrrole nitrogens is 1. The van der Waals surface area contributed by atoms with Crippen molar-refractivity contribution in [2.24, 2.45) is 0 Å². The van der Waals surface area contributed by atoms with E-state index in [0.29, 0.717) is 18.5 Å². The van der Waals surface area contributed by atoms with Gasteiger partial charge in [-0.2, -0.15) is 0 Å². The van der Waals surface area contributed by atoms with E-state index < -0.39 is 0 Å². The van der Waals surface area contributed by atoms with E-state index >= 15 is 0 Å². The third-order valence-electron chi connectivity index (χ3n) is 2.37. The molecular weight excluding hydrogens is 254 g/mol. The van der Waals surface area contributed by atoms with Crippen molar-refractivity contribution in [1.29, 1.82) is 0 Å². The molecule has 1 amide bonds. The minimum atomic E-state index is -0.232. The molecule has 0 aromatic carbocycles. The maximum Gasteiger partial charge on any atom is 0.252 e. The Kier molecular flexibility index (Phi) is 3.78. The average Bonchev–Trinajstić information content (AvgIpc) is 2.85. The molecule has 94 valence electrons. The maximum absolute atomic E-state index is 11.8. The molecule has 0 aliphatic heterocycles. The van der Waals surface area contributed by atoms with Crippen molar-refractivity contribution in [2.75, 3.05) is 12.3 Å². The van der Waals surface area contributed by atoms with Crippen LogP contribution in [0.15, 0.2) is 24.8 Å². The topological polar surface area (TPSA) is 96.7 Å². The SMILES string of the molecule is Nc1ncc(C(=O)NCCc2cnc[nH]2)cc1Cl. The second kappa shape index (κ2) is 5.50. The number of nitrogens with one attached hydrogen (secondary N) is 2. The van der Waals surface area contributed by atoms with E-state index in [2.05, 4.69) is 20.3 Å². The normalized spacial score (nSPS) is 10.3. The standard InChI is InChI=1S/C11H12ClN5O/c12-9-3-7(4-16-10(9)13)11(18)15-2-1-8-5-14-6-17-8/h3-6H,1-2H2,(H2,13,16)(H,14,17)(H,15,18). The van der Waals surface area contributed by atoms with Crippen LogP contribution in [0.1, 0.15) is 16.1 Å². The summed E-state index contributed by atoms with van der Waals surface area (Å²) in [6.07, 6.45) is 5.39. The van der Waals surface area contributed by atoms with E-state index in [-0.39, 0.29) is 16.7 Å². The minimum Gasteiger partial charge on any atom is -0.382 e. The van der Waals surface area contributed by atoms with Gasteiger partial charge < -0.3 is 16.0 Å². The number of imidazole rings is 1. The molecule has 7 heteroatoms. The summed E-state index contributed by atoms with van der Waals surface area (Å²) in [6, 6.07) is 1.50. The Balaban J connectivity index is 1.89. The van der Waals surface area contributed by atoms with Crippen LogP contribution in [0.5, 0.6) is 0 Å². The third kappa shape index (κ3) is 2.98. The Morgan fingerprint density at radius 3 is 3.00 bits per heavy atom. The molecule has 0 saturated heterocycles. The van der Waals surface area contributed by atoms with Crippen LogP contribution in [0.25, 0.3) is 0 Å². The van der Waals surface area contributed by atoms with Crippen LogP contribution in [-0.2, 0) is 6.42 Å². The summed E-state index contributed by atoms with van der Waals surface area (Å²) in [7, 11) is 0. The first-order valence-corrected chi connectivity index (χ1v) is 5.71. The second-order valence-corrected chi connectivity index (χ2v) is 4.08. The van der Waals surface area contributed by atoms with Crippen molar-refractivity contribution in [1.82, 2.24) is 20.3 Å². The van der Waals surface area contributed by atoms with Crippen LogP contribution >= 0.6 is 11.6 Å². The highest BCUT2D eigenvalue weighted by atomic mass is 35.5. The number of pyridine rings is 1. The molecule has 0 bridgehead atoms. The Hall–Kier alpha value is -2.08. The van der Waals surface area contributed by atoms with Gasteiger partial charge >= 0.3 is 0 Å². The Morgan fingerprint density at radius 2 is 2.33 bits per heavy atom. The summed E-state index contributed by atoms with van der Waals surface area (Å²) in [4.78, 5) is 22.4. The van der Waals surface area contributed by atoms with Crippen LogP contribution in [0.3, 0.4) is 0 Å². The predicted molar refractivity (Wildman–Crippen MR) is 68.3 cm³/mol. The lowest BCUT2D eigenvalue weighted by atomic mass is 10.2. The molecule has 0 aliphatic carbocycles. The summed E-state index contributed by atoms with van der Waals surface area (Å²) in [5.41, 5.74) is 6.82. The average molecular weight is 266 g/mol. The van der Waals surface area contributed by atoms with Gasteiger partial charge in [0.25, 0.3) is 5.91 Å². The predicted octanol–water partition coefficient (Wildman–Crippen LogP) is 1.01. The molecule has 6 nitrogen and oxygen atoms in total. The molecular formula is C11H12ClN5O. The van der Waals surface area contributed by atoms with Crippen LogP contribution < -0.4 is 11.1 Å². The van der Waals surface area contributed by atoms with Crippen molar-refractivity contribution in [3.63, 3.8) is 0 Å². The van der Waals surface area contributed by atoms with Gasteiger partial charge in [0, 0.05) is 31.1 Å². The zero-order valence-corrected chi connectivity index (χ0v) is 10.2. The number of nitrogens with two attached hydrogens (primary N) is 1. The van der Waals surface area contributed by atoms with Crippen LogP contribution in [0.2, 0.25) is 5.02 Å². The minimum absolute atomic E-state index is 0.214. The van der Waals surface area contributed by atoms with Gasteiger partial charge in [-0.05, 0) is 6.07 Å². The number of halogens is 1. The molecule has 0 fully saturated rings. The van der Waals surface area contributed by atoms with E-state index in [1.165, 1.54) is 12.3 Å². The largest absolute Gasteiger partial charge is 0.382 e. The summed E-state index contributed by atoms with van der Waals surface area (Å²) in [5, 5.41) is 3.03. The van der Waals surface area contributed by atoms with Gasteiger partial charge in [0.1, 0.15) is 5.82 Å². The van der Waals surface area contributed by atoms with Crippen molar-refractivity contribution >= 4 is 23.3 Å². The van der Waals surface area contributed by atoms with Crippen LogP contribution in [-0.4, -0.2) is 27.4 Å². The molecule has 0 unspecified atom stereocenters. The molecule has 0 saturated carbocycles. The molecule has 2 heterocycles. The maximum atomic E-state index is 11.8. The van der Waals surface area contributed by atoms with E-state index in [0.717, 1.165) is 5.69 Å². The van der Waals surface area contributed by atoms with E-state index in [1.54, 1.807) is 12.5 Å². The number of hydrogen-bond donors (Lipinski definition) is 3. The number of carbonyl (C=O) groups excluding carboxylic acids is 1. The van der Waals surface area contributed by atoms with Crippen molar-refractivity contribution in [3.8, 4) is 0 Å². The van der Waals surface area contributed by atoms with Gasteiger partial charge in [0.15, 0.2) is 0 Å². The zero-order valence-electron chi connectivity index (χ0n) is 9.48. The summed E-state index contributed by atoms with van der Waals surface area (Å²) >= 11 is 5.79. The van der Waals surface area contributed by atoms with Crippen molar-refractivity contribution in [3.05, 3.63) is 41.1 Å². The lowest BCUT2D eigenvalue weighted by Crippen LogP contribution is -2.26. The molecule has 2 rings (SSSR count). The summed E-state index contributed by atoms with van der Waals surface area (Å²) in [5.74, 6) is -0.0189. The Bertz CT molecular complexity index is 540.